The quantitative estimate of drug-likeness (QED) is 0.840. The molecule has 0 saturated heterocycles. The smallest absolute Gasteiger partial charge is 0.127 e. The SMILES string of the molecule is CCC(Cc1c(F)cccc1Cl)C(C)O. The molecule has 1 rings (SSSR count). The van der Waals surface area contributed by atoms with Gasteiger partial charge in [0, 0.05) is 10.6 Å². The maximum atomic E-state index is 13.4. The van der Waals surface area contributed by atoms with E-state index in [1.54, 1.807) is 19.1 Å². The maximum Gasteiger partial charge on any atom is 0.127 e. The highest BCUT2D eigenvalue weighted by atomic mass is 35.5. The fraction of sp³-hybridized carbons (Fsp3) is 0.500. The van der Waals surface area contributed by atoms with E-state index in [9.17, 15) is 9.50 Å². The minimum Gasteiger partial charge on any atom is -0.393 e. The normalized spacial score (nSPS) is 15.0. The van der Waals surface area contributed by atoms with Crippen molar-refractivity contribution in [2.45, 2.75) is 32.8 Å². The highest BCUT2D eigenvalue weighted by Crippen LogP contribution is 2.24. The molecule has 0 spiro atoms. The van der Waals surface area contributed by atoms with Crippen LogP contribution in [0.2, 0.25) is 5.02 Å². The summed E-state index contributed by atoms with van der Waals surface area (Å²) in [6, 6.07) is 4.66. The monoisotopic (exact) mass is 230 g/mol. The van der Waals surface area contributed by atoms with Gasteiger partial charge in [0.1, 0.15) is 5.82 Å². The molecule has 1 aromatic carbocycles. The molecule has 0 saturated carbocycles. The minimum absolute atomic E-state index is 0.0550. The van der Waals surface area contributed by atoms with Crippen molar-refractivity contribution in [3.05, 3.63) is 34.6 Å². The summed E-state index contributed by atoms with van der Waals surface area (Å²) < 4.78 is 13.4. The van der Waals surface area contributed by atoms with Crippen LogP contribution in [0.3, 0.4) is 0 Å². The number of halogens is 2. The second-order valence-corrected chi connectivity index (χ2v) is 4.22. The molecule has 1 nitrogen and oxygen atoms in total. The van der Waals surface area contributed by atoms with Gasteiger partial charge in [-0.05, 0) is 31.4 Å². The van der Waals surface area contributed by atoms with Gasteiger partial charge in [-0.15, -0.1) is 0 Å². The number of rotatable bonds is 4. The van der Waals surface area contributed by atoms with E-state index in [-0.39, 0.29) is 11.7 Å². The lowest BCUT2D eigenvalue weighted by Gasteiger charge is -2.18. The molecule has 0 heterocycles. The van der Waals surface area contributed by atoms with E-state index >= 15 is 0 Å². The molecule has 2 unspecified atom stereocenters. The van der Waals surface area contributed by atoms with Crippen LogP contribution in [0.5, 0.6) is 0 Å². The zero-order valence-electron chi connectivity index (χ0n) is 9.00. The Balaban J connectivity index is 2.87. The third kappa shape index (κ3) is 3.18. The number of aliphatic hydroxyl groups excluding tert-OH is 1. The lowest BCUT2D eigenvalue weighted by Crippen LogP contribution is -2.19. The lowest BCUT2D eigenvalue weighted by molar-refractivity contribution is 0.122. The van der Waals surface area contributed by atoms with E-state index in [0.717, 1.165) is 6.42 Å². The van der Waals surface area contributed by atoms with Crippen molar-refractivity contribution in [3.63, 3.8) is 0 Å². The van der Waals surface area contributed by atoms with Crippen LogP contribution >= 0.6 is 11.6 Å². The van der Waals surface area contributed by atoms with Crippen molar-refractivity contribution in [1.82, 2.24) is 0 Å². The summed E-state index contributed by atoms with van der Waals surface area (Å²) in [7, 11) is 0. The average Bonchev–Trinajstić information content (AvgIpc) is 2.17. The first-order valence-electron chi connectivity index (χ1n) is 5.17. The molecule has 2 atom stereocenters. The van der Waals surface area contributed by atoms with Gasteiger partial charge in [0.05, 0.1) is 6.10 Å². The zero-order valence-corrected chi connectivity index (χ0v) is 9.76. The Hall–Kier alpha value is -0.600. The molecule has 3 heteroatoms. The third-order valence-corrected chi connectivity index (χ3v) is 3.09. The molecule has 1 aromatic rings. The first-order valence-corrected chi connectivity index (χ1v) is 5.55. The van der Waals surface area contributed by atoms with Gasteiger partial charge in [-0.2, -0.15) is 0 Å². The van der Waals surface area contributed by atoms with Gasteiger partial charge in [-0.1, -0.05) is 31.0 Å². The molecular weight excluding hydrogens is 215 g/mol. The van der Waals surface area contributed by atoms with Crippen LogP contribution in [-0.4, -0.2) is 11.2 Å². The largest absolute Gasteiger partial charge is 0.393 e. The van der Waals surface area contributed by atoms with Gasteiger partial charge in [-0.3, -0.25) is 0 Å². The van der Waals surface area contributed by atoms with E-state index in [0.29, 0.717) is 17.0 Å². The van der Waals surface area contributed by atoms with Crippen molar-refractivity contribution in [1.29, 1.82) is 0 Å². The summed E-state index contributed by atoms with van der Waals surface area (Å²) in [6.45, 7) is 3.70. The van der Waals surface area contributed by atoms with Crippen LogP contribution in [0, 0.1) is 11.7 Å². The van der Waals surface area contributed by atoms with E-state index in [2.05, 4.69) is 0 Å². The van der Waals surface area contributed by atoms with Crippen molar-refractivity contribution < 1.29 is 9.50 Å². The lowest BCUT2D eigenvalue weighted by atomic mass is 9.92. The van der Waals surface area contributed by atoms with Gasteiger partial charge in [0.15, 0.2) is 0 Å². The minimum atomic E-state index is -0.439. The zero-order chi connectivity index (χ0) is 11.4. The number of hydrogen-bond acceptors (Lipinski definition) is 1. The van der Waals surface area contributed by atoms with Crippen LogP contribution in [0.1, 0.15) is 25.8 Å². The fourth-order valence-electron chi connectivity index (χ4n) is 1.65. The Morgan fingerprint density at radius 3 is 2.60 bits per heavy atom. The second kappa shape index (κ2) is 5.47. The van der Waals surface area contributed by atoms with Gasteiger partial charge in [0.25, 0.3) is 0 Å². The van der Waals surface area contributed by atoms with Crippen LogP contribution in [0.25, 0.3) is 0 Å². The molecule has 0 aromatic heterocycles. The molecule has 84 valence electrons. The predicted molar refractivity (Wildman–Crippen MR) is 60.6 cm³/mol. The maximum absolute atomic E-state index is 13.4. The number of hydrogen-bond donors (Lipinski definition) is 1. The highest BCUT2D eigenvalue weighted by molar-refractivity contribution is 6.31. The number of benzene rings is 1. The Morgan fingerprint density at radius 1 is 1.47 bits per heavy atom. The molecule has 0 aliphatic carbocycles. The highest BCUT2D eigenvalue weighted by Gasteiger charge is 2.17. The molecule has 0 aliphatic rings. The number of aliphatic hydroxyl groups is 1. The van der Waals surface area contributed by atoms with E-state index in [4.69, 9.17) is 11.6 Å². The van der Waals surface area contributed by atoms with Crippen molar-refractivity contribution in [2.24, 2.45) is 5.92 Å². The van der Waals surface area contributed by atoms with E-state index in [1.807, 2.05) is 6.92 Å². The summed E-state index contributed by atoms with van der Waals surface area (Å²) in [6.07, 6.45) is 0.854. The van der Waals surface area contributed by atoms with Crippen LogP contribution in [-0.2, 0) is 6.42 Å². The van der Waals surface area contributed by atoms with Gasteiger partial charge in [0.2, 0.25) is 0 Å². The molecule has 0 amide bonds. The van der Waals surface area contributed by atoms with Crippen molar-refractivity contribution >= 4 is 11.6 Å². The van der Waals surface area contributed by atoms with E-state index in [1.165, 1.54) is 6.07 Å². The Kier molecular flexibility index (Phi) is 4.55. The summed E-state index contributed by atoms with van der Waals surface area (Å²) in [4.78, 5) is 0. The van der Waals surface area contributed by atoms with Crippen LogP contribution < -0.4 is 0 Å². The van der Waals surface area contributed by atoms with Crippen LogP contribution in [0.15, 0.2) is 18.2 Å². The molecule has 0 aliphatic heterocycles. The summed E-state index contributed by atoms with van der Waals surface area (Å²) >= 11 is 5.91. The summed E-state index contributed by atoms with van der Waals surface area (Å²) in [5.41, 5.74) is 0.506. The Morgan fingerprint density at radius 2 is 2.13 bits per heavy atom. The van der Waals surface area contributed by atoms with E-state index < -0.39 is 6.10 Å². The molecule has 0 fully saturated rings. The summed E-state index contributed by atoms with van der Waals surface area (Å²) in [5, 5.41) is 9.93. The van der Waals surface area contributed by atoms with Gasteiger partial charge in [-0.25, -0.2) is 4.39 Å². The molecular formula is C12H16ClFO. The second-order valence-electron chi connectivity index (χ2n) is 3.81. The van der Waals surface area contributed by atoms with Crippen molar-refractivity contribution in [3.8, 4) is 0 Å². The first kappa shape index (κ1) is 12.5. The average molecular weight is 231 g/mol. The topological polar surface area (TPSA) is 20.2 Å². The van der Waals surface area contributed by atoms with Gasteiger partial charge < -0.3 is 5.11 Å². The molecule has 0 radical (unpaired) electrons. The summed E-state index contributed by atoms with van der Waals surface area (Å²) in [5.74, 6) is -0.235. The Bertz CT molecular complexity index is 305. The van der Waals surface area contributed by atoms with Gasteiger partial charge >= 0.3 is 0 Å². The molecule has 0 bridgehead atoms. The molecule has 1 N–H and O–H groups in total. The Labute approximate surface area is 94.9 Å². The van der Waals surface area contributed by atoms with Crippen LogP contribution in [0.4, 0.5) is 4.39 Å². The fourth-order valence-corrected chi connectivity index (χ4v) is 1.89. The third-order valence-electron chi connectivity index (χ3n) is 2.73. The molecule has 15 heavy (non-hydrogen) atoms. The van der Waals surface area contributed by atoms with Crippen molar-refractivity contribution in [2.75, 3.05) is 0 Å². The first-order chi connectivity index (χ1) is 7.06. The predicted octanol–water partition coefficient (Wildman–Crippen LogP) is 3.43. The standard InChI is InChI=1S/C12H16ClFO/c1-3-9(8(2)15)7-10-11(13)5-4-6-12(10)14/h4-6,8-9,15H,3,7H2,1-2H3.